The zero-order valence-corrected chi connectivity index (χ0v) is 13.3. The molecule has 0 saturated carbocycles. The van der Waals surface area contributed by atoms with Crippen molar-refractivity contribution in [2.24, 2.45) is 0 Å². The smallest absolute Gasteiger partial charge is 0.312 e. The minimum Gasteiger partial charge on any atom is -0.322 e. The lowest BCUT2D eigenvalue weighted by Gasteiger charge is -2.09. The van der Waals surface area contributed by atoms with Gasteiger partial charge in [-0.1, -0.05) is 29.3 Å². The second kappa shape index (κ2) is 6.33. The number of rotatable bonds is 4. The van der Waals surface area contributed by atoms with E-state index in [4.69, 9.17) is 23.2 Å². The number of aromatic nitrogens is 2. The van der Waals surface area contributed by atoms with Gasteiger partial charge in [0.25, 0.3) is 0 Å². The van der Waals surface area contributed by atoms with E-state index in [1.54, 1.807) is 18.2 Å². The third-order valence-corrected chi connectivity index (χ3v) is 3.68. The number of carbonyl (C=O) groups is 1. The normalized spacial score (nSPS) is 10.5. The SMILES string of the molecule is Cc1nn(CC(=O)Nc2c(Cl)cccc2Cl)c(C)c1[N+](=O)[O-]. The Morgan fingerprint density at radius 3 is 2.45 bits per heavy atom. The Kier molecular flexibility index (Phi) is 4.68. The maximum absolute atomic E-state index is 12.1. The Morgan fingerprint density at radius 2 is 1.95 bits per heavy atom. The quantitative estimate of drug-likeness (QED) is 0.681. The molecule has 0 radical (unpaired) electrons. The fourth-order valence-corrected chi connectivity index (χ4v) is 2.53. The van der Waals surface area contributed by atoms with E-state index >= 15 is 0 Å². The van der Waals surface area contributed by atoms with Crippen LogP contribution < -0.4 is 5.32 Å². The minimum atomic E-state index is -0.517. The third kappa shape index (κ3) is 3.20. The molecule has 1 amide bonds. The van der Waals surface area contributed by atoms with Crippen molar-refractivity contribution in [2.75, 3.05) is 5.32 Å². The van der Waals surface area contributed by atoms with Crippen molar-refractivity contribution >= 4 is 40.5 Å². The molecule has 0 aliphatic heterocycles. The first kappa shape index (κ1) is 16.3. The second-order valence-electron chi connectivity index (χ2n) is 4.58. The van der Waals surface area contributed by atoms with E-state index in [1.807, 2.05) is 0 Å². The first-order valence-electron chi connectivity index (χ1n) is 6.23. The fraction of sp³-hybridized carbons (Fsp3) is 0.231. The topological polar surface area (TPSA) is 90.1 Å². The molecule has 0 bridgehead atoms. The molecule has 0 saturated heterocycles. The number of amides is 1. The first-order valence-corrected chi connectivity index (χ1v) is 6.99. The highest BCUT2D eigenvalue weighted by molar-refractivity contribution is 6.39. The van der Waals surface area contributed by atoms with Gasteiger partial charge in [0.1, 0.15) is 17.9 Å². The minimum absolute atomic E-state index is 0.0939. The summed E-state index contributed by atoms with van der Waals surface area (Å²) in [5.41, 5.74) is 0.768. The largest absolute Gasteiger partial charge is 0.322 e. The summed E-state index contributed by atoms with van der Waals surface area (Å²) in [6.45, 7) is 2.88. The molecule has 22 heavy (non-hydrogen) atoms. The first-order chi connectivity index (χ1) is 10.3. The van der Waals surface area contributed by atoms with Crippen LogP contribution in [-0.2, 0) is 11.3 Å². The zero-order chi connectivity index (χ0) is 16.4. The van der Waals surface area contributed by atoms with Gasteiger partial charge >= 0.3 is 5.69 Å². The molecule has 116 valence electrons. The Hall–Kier alpha value is -2.12. The Balaban J connectivity index is 2.20. The van der Waals surface area contributed by atoms with Crippen LogP contribution in [-0.4, -0.2) is 20.6 Å². The Morgan fingerprint density at radius 1 is 1.36 bits per heavy atom. The molecule has 1 heterocycles. The molecule has 0 atom stereocenters. The maximum Gasteiger partial charge on any atom is 0.312 e. The fourth-order valence-electron chi connectivity index (χ4n) is 2.04. The number of hydrogen-bond acceptors (Lipinski definition) is 4. The van der Waals surface area contributed by atoms with Crippen molar-refractivity contribution in [3.63, 3.8) is 0 Å². The summed E-state index contributed by atoms with van der Waals surface area (Å²) >= 11 is 11.9. The standard InChI is InChI=1S/C13H12Cl2N4O3/c1-7-13(19(21)22)8(2)18(17-7)6-11(20)16-12-9(14)4-3-5-10(12)15/h3-5H,6H2,1-2H3,(H,16,20). The lowest BCUT2D eigenvalue weighted by molar-refractivity contribution is -0.386. The van der Waals surface area contributed by atoms with Gasteiger partial charge < -0.3 is 5.32 Å². The predicted octanol–water partition coefficient (Wildman–Crippen LogP) is 3.35. The van der Waals surface area contributed by atoms with Gasteiger partial charge in [-0.3, -0.25) is 19.6 Å². The highest BCUT2D eigenvalue weighted by Crippen LogP contribution is 2.30. The molecule has 9 heteroatoms. The summed E-state index contributed by atoms with van der Waals surface area (Å²) < 4.78 is 1.27. The lowest BCUT2D eigenvalue weighted by atomic mass is 10.3. The van der Waals surface area contributed by atoms with Crippen LogP contribution in [0.1, 0.15) is 11.4 Å². The molecule has 0 fully saturated rings. The monoisotopic (exact) mass is 342 g/mol. The molecule has 1 aromatic heterocycles. The number of nitrogens with one attached hydrogen (secondary N) is 1. The van der Waals surface area contributed by atoms with E-state index in [-0.39, 0.29) is 17.9 Å². The molecule has 1 aromatic carbocycles. The number of benzene rings is 1. The van der Waals surface area contributed by atoms with Crippen molar-refractivity contribution in [3.05, 3.63) is 49.7 Å². The Bertz CT molecular complexity index is 738. The zero-order valence-electron chi connectivity index (χ0n) is 11.8. The highest BCUT2D eigenvalue weighted by Gasteiger charge is 2.23. The lowest BCUT2D eigenvalue weighted by Crippen LogP contribution is -2.20. The number of hydrogen-bond donors (Lipinski definition) is 1. The summed E-state index contributed by atoms with van der Waals surface area (Å²) in [5, 5.41) is 18.1. The van der Waals surface area contributed by atoms with Crippen LogP contribution >= 0.6 is 23.2 Å². The number of halogens is 2. The van der Waals surface area contributed by atoms with Crippen molar-refractivity contribution in [1.29, 1.82) is 0 Å². The van der Waals surface area contributed by atoms with Gasteiger partial charge in [-0.15, -0.1) is 0 Å². The van der Waals surface area contributed by atoms with Crippen LogP contribution in [0.25, 0.3) is 0 Å². The van der Waals surface area contributed by atoms with Crippen LogP contribution in [0.5, 0.6) is 0 Å². The molecule has 0 unspecified atom stereocenters. The van der Waals surface area contributed by atoms with E-state index in [9.17, 15) is 14.9 Å². The maximum atomic E-state index is 12.1. The summed E-state index contributed by atoms with van der Waals surface area (Å²) in [5.74, 6) is -0.435. The van der Waals surface area contributed by atoms with Crippen molar-refractivity contribution in [2.45, 2.75) is 20.4 Å². The van der Waals surface area contributed by atoms with Gasteiger partial charge in [-0.2, -0.15) is 5.10 Å². The molecule has 2 aromatic rings. The van der Waals surface area contributed by atoms with E-state index in [2.05, 4.69) is 10.4 Å². The van der Waals surface area contributed by atoms with Crippen LogP contribution in [0.2, 0.25) is 10.0 Å². The van der Waals surface area contributed by atoms with E-state index < -0.39 is 10.8 Å². The van der Waals surface area contributed by atoms with Crippen molar-refractivity contribution in [3.8, 4) is 0 Å². The summed E-state index contributed by atoms with van der Waals surface area (Å²) in [7, 11) is 0. The molecule has 2 rings (SSSR count). The molecular formula is C13H12Cl2N4O3. The second-order valence-corrected chi connectivity index (χ2v) is 5.39. The molecular weight excluding hydrogens is 331 g/mol. The number of nitro groups is 1. The summed E-state index contributed by atoms with van der Waals surface area (Å²) in [6.07, 6.45) is 0. The van der Waals surface area contributed by atoms with Gasteiger partial charge in [0.15, 0.2) is 0 Å². The highest BCUT2D eigenvalue weighted by atomic mass is 35.5. The molecule has 0 aliphatic carbocycles. The van der Waals surface area contributed by atoms with Gasteiger partial charge in [0, 0.05) is 0 Å². The van der Waals surface area contributed by atoms with Crippen LogP contribution in [0, 0.1) is 24.0 Å². The summed E-state index contributed by atoms with van der Waals surface area (Å²) in [4.78, 5) is 22.5. The molecule has 7 nitrogen and oxygen atoms in total. The number of aryl methyl sites for hydroxylation is 1. The number of carbonyl (C=O) groups excluding carboxylic acids is 1. The average Bonchev–Trinajstić information content (AvgIpc) is 2.69. The van der Waals surface area contributed by atoms with E-state index in [1.165, 1.54) is 18.5 Å². The number of para-hydroxylation sites is 1. The van der Waals surface area contributed by atoms with E-state index in [0.717, 1.165) is 0 Å². The van der Waals surface area contributed by atoms with Crippen LogP contribution in [0.15, 0.2) is 18.2 Å². The van der Waals surface area contributed by atoms with Crippen molar-refractivity contribution < 1.29 is 9.72 Å². The van der Waals surface area contributed by atoms with Crippen LogP contribution in [0.3, 0.4) is 0 Å². The number of anilines is 1. The predicted molar refractivity (Wildman–Crippen MR) is 83.4 cm³/mol. The number of nitrogens with zero attached hydrogens (tertiary/aromatic N) is 3. The van der Waals surface area contributed by atoms with Gasteiger partial charge in [-0.05, 0) is 26.0 Å². The van der Waals surface area contributed by atoms with Gasteiger partial charge in [0.2, 0.25) is 5.91 Å². The van der Waals surface area contributed by atoms with Gasteiger partial charge in [0.05, 0.1) is 20.7 Å². The Labute approximate surface area is 136 Å². The van der Waals surface area contributed by atoms with Crippen LogP contribution in [0.4, 0.5) is 11.4 Å². The average molecular weight is 343 g/mol. The van der Waals surface area contributed by atoms with Crippen molar-refractivity contribution in [1.82, 2.24) is 9.78 Å². The molecule has 1 N–H and O–H groups in total. The van der Waals surface area contributed by atoms with E-state index in [0.29, 0.717) is 21.4 Å². The third-order valence-electron chi connectivity index (χ3n) is 3.05. The molecule has 0 spiro atoms. The van der Waals surface area contributed by atoms with Gasteiger partial charge in [-0.25, -0.2) is 0 Å². The summed E-state index contributed by atoms with van der Waals surface area (Å²) in [6, 6.07) is 4.85. The molecule has 0 aliphatic rings.